The van der Waals surface area contributed by atoms with Gasteiger partial charge in [-0.15, -0.1) is 11.3 Å². The average Bonchev–Trinajstić information content (AvgIpc) is 3.14. The van der Waals surface area contributed by atoms with Gasteiger partial charge in [-0.25, -0.2) is 9.78 Å². The highest BCUT2D eigenvalue weighted by Crippen LogP contribution is 2.24. The molecule has 144 valence electrons. The van der Waals surface area contributed by atoms with Crippen molar-refractivity contribution < 1.29 is 19.1 Å². The standard InChI is InChI=1S/C21H20N2O4S/c1-3-26-21(25)15-7-9-18(10-8-15)27-12-20(24)23-17-6-4-5-16(11-17)19-13-28-14(2)22-19/h4-11,13H,3,12H2,1-2H3,(H,23,24). The van der Waals surface area contributed by atoms with Gasteiger partial charge >= 0.3 is 5.97 Å². The second kappa shape index (κ2) is 9.14. The minimum absolute atomic E-state index is 0.140. The Morgan fingerprint density at radius 2 is 1.93 bits per heavy atom. The molecular formula is C21H20N2O4S. The number of benzene rings is 2. The van der Waals surface area contributed by atoms with E-state index in [4.69, 9.17) is 9.47 Å². The summed E-state index contributed by atoms with van der Waals surface area (Å²) in [7, 11) is 0. The molecule has 7 heteroatoms. The van der Waals surface area contributed by atoms with Gasteiger partial charge in [0.25, 0.3) is 5.91 Å². The number of thiazole rings is 1. The fourth-order valence-corrected chi connectivity index (χ4v) is 3.12. The fraction of sp³-hybridized carbons (Fsp3) is 0.190. The smallest absolute Gasteiger partial charge is 0.338 e. The van der Waals surface area contributed by atoms with Gasteiger partial charge in [0.2, 0.25) is 0 Å². The molecule has 2 aromatic carbocycles. The Morgan fingerprint density at radius 3 is 2.61 bits per heavy atom. The third-order valence-corrected chi connectivity index (χ3v) is 4.57. The number of esters is 1. The molecule has 1 heterocycles. The average molecular weight is 396 g/mol. The largest absolute Gasteiger partial charge is 0.484 e. The van der Waals surface area contributed by atoms with Crippen LogP contribution < -0.4 is 10.1 Å². The SMILES string of the molecule is CCOC(=O)c1ccc(OCC(=O)Nc2cccc(-c3csc(C)n3)c2)cc1. The quantitative estimate of drug-likeness (QED) is 0.602. The van der Waals surface area contributed by atoms with E-state index in [0.29, 0.717) is 23.6 Å². The first-order valence-corrected chi connectivity index (χ1v) is 9.65. The van der Waals surface area contributed by atoms with Crippen LogP contribution in [0.25, 0.3) is 11.3 Å². The van der Waals surface area contributed by atoms with Crippen molar-refractivity contribution in [3.63, 3.8) is 0 Å². The van der Waals surface area contributed by atoms with Gasteiger partial charge in [-0.2, -0.15) is 0 Å². The highest BCUT2D eigenvalue weighted by Gasteiger charge is 2.09. The number of carbonyl (C=O) groups excluding carboxylic acids is 2. The van der Waals surface area contributed by atoms with Crippen LogP contribution >= 0.6 is 11.3 Å². The zero-order chi connectivity index (χ0) is 19.9. The zero-order valence-corrected chi connectivity index (χ0v) is 16.4. The van der Waals surface area contributed by atoms with Crippen LogP contribution in [0.15, 0.2) is 53.9 Å². The number of amides is 1. The number of hydrogen-bond acceptors (Lipinski definition) is 6. The minimum Gasteiger partial charge on any atom is -0.484 e. The number of anilines is 1. The van der Waals surface area contributed by atoms with Gasteiger partial charge in [-0.05, 0) is 50.2 Å². The Kier molecular flexibility index (Phi) is 6.39. The van der Waals surface area contributed by atoms with Gasteiger partial charge in [0.15, 0.2) is 6.61 Å². The summed E-state index contributed by atoms with van der Waals surface area (Å²) in [5.74, 6) is -0.169. The maximum atomic E-state index is 12.2. The summed E-state index contributed by atoms with van der Waals surface area (Å²) in [5.41, 5.74) is 2.94. The van der Waals surface area contributed by atoms with Crippen molar-refractivity contribution in [1.29, 1.82) is 0 Å². The van der Waals surface area contributed by atoms with E-state index >= 15 is 0 Å². The molecular weight excluding hydrogens is 376 g/mol. The molecule has 0 aliphatic rings. The van der Waals surface area contributed by atoms with E-state index in [-0.39, 0.29) is 18.5 Å². The van der Waals surface area contributed by atoms with E-state index in [1.165, 1.54) is 0 Å². The van der Waals surface area contributed by atoms with Gasteiger partial charge < -0.3 is 14.8 Å². The van der Waals surface area contributed by atoms with Crippen LogP contribution in [0.5, 0.6) is 5.75 Å². The third kappa shape index (κ3) is 5.17. The number of nitrogens with zero attached hydrogens (tertiary/aromatic N) is 1. The lowest BCUT2D eigenvalue weighted by Gasteiger charge is -2.09. The van der Waals surface area contributed by atoms with Crippen LogP contribution in [0.1, 0.15) is 22.3 Å². The maximum Gasteiger partial charge on any atom is 0.338 e. The zero-order valence-electron chi connectivity index (χ0n) is 15.6. The molecule has 0 aliphatic heterocycles. The summed E-state index contributed by atoms with van der Waals surface area (Å²) < 4.78 is 10.4. The Labute approximate surface area is 167 Å². The molecule has 0 radical (unpaired) electrons. The molecule has 0 aliphatic carbocycles. The molecule has 6 nitrogen and oxygen atoms in total. The summed E-state index contributed by atoms with van der Waals surface area (Å²) in [6.07, 6.45) is 0. The van der Waals surface area contributed by atoms with E-state index in [0.717, 1.165) is 16.3 Å². The van der Waals surface area contributed by atoms with Gasteiger partial charge in [0, 0.05) is 16.6 Å². The molecule has 1 amide bonds. The van der Waals surface area contributed by atoms with Crippen molar-refractivity contribution >= 4 is 28.9 Å². The number of aryl methyl sites for hydroxylation is 1. The summed E-state index contributed by atoms with van der Waals surface area (Å²) in [5, 5.41) is 5.79. The number of carbonyl (C=O) groups is 2. The number of ether oxygens (including phenoxy) is 2. The van der Waals surface area contributed by atoms with Crippen molar-refractivity contribution in [2.45, 2.75) is 13.8 Å². The van der Waals surface area contributed by atoms with E-state index in [1.54, 1.807) is 42.5 Å². The Morgan fingerprint density at radius 1 is 1.14 bits per heavy atom. The maximum absolute atomic E-state index is 12.2. The van der Waals surface area contributed by atoms with E-state index in [1.807, 2.05) is 36.6 Å². The molecule has 3 aromatic rings. The highest BCUT2D eigenvalue weighted by molar-refractivity contribution is 7.09. The van der Waals surface area contributed by atoms with Crippen molar-refractivity contribution in [1.82, 2.24) is 4.98 Å². The lowest BCUT2D eigenvalue weighted by atomic mass is 10.1. The molecule has 1 aromatic heterocycles. The second-order valence-electron chi connectivity index (χ2n) is 5.91. The van der Waals surface area contributed by atoms with Crippen molar-refractivity contribution in [3.8, 4) is 17.0 Å². The van der Waals surface area contributed by atoms with Gasteiger partial charge in [0.1, 0.15) is 5.75 Å². The monoisotopic (exact) mass is 396 g/mol. The van der Waals surface area contributed by atoms with Crippen LogP contribution in [0, 0.1) is 6.92 Å². The summed E-state index contributed by atoms with van der Waals surface area (Å²) in [4.78, 5) is 28.3. The van der Waals surface area contributed by atoms with Crippen LogP contribution in [0.3, 0.4) is 0 Å². The second-order valence-corrected chi connectivity index (χ2v) is 6.98. The van der Waals surface area contributed by atoms with Gasteiger partial charge in [0.05, 0.1) is 22.9 Å². The number of aromatic nitrogens is 1. The van der Waals surface area contributed by atoms with Crippen molar-refractivity contribution in [2.75, 3.05) is 18.5 Å². The lowest BCUT2D eigenvalue weighted by molar-refractivity contribution is -0.118. The lowest BCUT2D eigenvalue weighted by Crippen LogP contribution is -2.20. The van der Waals surface area contributed by atoms with Crippen LogP contribution in [-0.4, -0.2) is 30.1 Å². The Balaban J connectivity index is 1.55. The van der Waals surface area contributed by atoms with E-state index < -0.39 is 0 Å². The summed E-state index contributed by atoms with van der Waals surface area (Å²) in [6.45, 7) is 3.89. The van der Waals surface area contributed by atoms with Crippen LogP contribution in [-0.2, 0) is 9.53 Å². The fourth-order valence-electron chi connectivity index (χ4n) is 2.50. The molecule has 3 rings (SSSR count). The van der Waals surface area contributed by atoms with Crippen molar-refractivity contribution in [3.05, 3.63) is 64.5 Å². The number of rotatable bonds is 7. The summed E-state index contributed by atoms with van der Waals surface area (Å²) >= 11 is 1.58. The Bertz CT molecular complexity index is 967. The Hall–Kier alpha value is -3.19. The first kappa shape index (κ1) is 19.6. The molecule has 0 atom stereocenters. The van der Waals surface area contributed by atoms with E-state index in [9.17, 15) is 9.59 Å². The number of hydrogen-bond donors (Lipinski definition) is 1. The van der Waals surface area contributed by atoms with Crippen molar-refractivity contribution in [2.24, 2.45) is 0 Å². The molecule has 28 heavy (non-hydrogen) atoms. The molecule has 1 N–H and O–H groups in total. The highest BCUT2D eigenvalue weighted by atomic mass is 32.1. The topological polar surface area (TPSA) is 77.5 Å². The van der Waals surface area contributed by atoms with Gasteiger partial charge in [-0.3, -0.25) is 4.79 Å². The first-order chi connectivity index (χ1) is 13.5. The van der Waals surface area contributed by atoms with Gasteiger partial charge in [-0.1, -0.05) is 12.1 Å². The molecule has 0 saturated heterocycles. The molecule has 0 spiro atoms. The van der Waals surface area contributed by atoms with Crippen LogP contribution in [0.4, 0.5) is 5.69 Å². The molecule has 0 fully saturated rings. The predicted octanol–water partition coefficient (Wildman–Crippen LogP) is 4.31. The molecule has 0 bridgehead atoms. The summed E-state index contributed by atoms with van der Waals surface area (Å²) in [6, 6.07) is 14.0. The van der Waals surface area contributed by atoms with E-state index in [2.05, 4.69) is 10.3 Å². The predicted molar refractivity (Wildman–Crippen MR) is 109 cm³/mol. The normalized spacial score (nSPS) is 10.4. The molecule has 0 saturated carbocycles. The van der Waals surface area contributed by atoms with Crippen LogP contribution in [0.2, 0.25) is 0 Å². The molecule has 0 unspecified atom stereocenters. The minimum atomic E-state index is -0.387. The third-order valence-electron chi connectivity index (χ3n) is 3.80. The first-order valence-electron chi connectivity index (χ1n) is 8.77. The number of nitrogens with one attached hydrogen (secondary N) is 1.